The molecule has 0 saturated carbocycles. The second-order valence-electron chi connectivity index (χ2n) is 5.05. The molecule has 0 radical (unpaired) electrons. The van der Waals surface area contributed by atoms with Crippen LogP contribution in [0.2, 0.25) is 0 Å². The zero-order valence-corrected chi connectivity index (χ0v) is 13.6. The lowest BCUT2D eigenvalue weighted by Gasteiger charge is -2.13. The number of nitrogens with one attached hydrogen (secondary N) is 1. The van der Waals surface area contributed by atoms with Gasteiger partial charge in [-0.05, 0) is 23.6 Å². The molecule has 114 valence electrons. The second-order valence-corrected chi connectivity index (χ2v) is 7.32. The fraction of sp³-hybridized carbons (Fsp3) is 0.200. The zero-order valence-electron chi connectivity index (χ0n) is 11.9. The molecule has 0 aliphatic rings. The highest BCUT2D eigenvalue weighted by Crippen LogP contribution is 2.21. The zero-order chi connectivity index (χ0) is 15.6. The lowest BCUT2D eigenvalue weighted by molar-refractivity contribution is 0.575. The molecule has 0 aliphatic heterocycles. The van der Waals surface area contributed by atoms with E-state index >= 15 is 0 Å². The molecule has 0 spiro atoms. The highest BCUT2D eigenvalue weighted by atomic mass is 32.2. The maximum Gasteiger partial charge on any atom is 0.242 e. The molecule has 1 unspecified atom stereocenters. The largest absolute Gasteiger partial charge is 0.242 e. The SMILES string of the molecule is CC(CNS(=O)(=O)c1cccc2nsnc12)c1ccccc1. The minimum Gasteiger partial charge on any atom is -0.210 e. The molecule has 0 fully saturated rings. The Morgan fingerprint density at radius 2 is 1.86 bits per heavy atom. The van der Waals surface area contributed by atoms with Crippen molar-refractivity contribution in [2.24, 2.45) is 0 Å². The molecule has 22 heavy (non-hydrogen) atoms. The van der Waals surface area contributed by atoms with Gasteiger partial charge in [-0.2, -0.15) is 8.75 Å². The molecule has 7 heteroatoms. The van der Waals surface area contributed by atoms with Gasteiger partial charge in [0.05, 0.1) is 11.7 Å². The first-order valence-corrected chi connectivity index (χ1v) is 9.05. The maximum atomic E-state index is 12.5. The van der Waals surface area contributed by atoms with Crippen LogP contribution in [0.25, 0.3) is 11.0 Å². The molecule has 5 nitrogen and oxygen atoms in total. The predicted molar refractivity (Wildman–Crippen MR) is 87.5 cm³/mol. The number of benzene rings is 2. The quantitative estimate of drug-likeness (QED) is 0.779. The van der Waals surface area contributed by atoms with Crippen molar-refractivity contribution >= 4 is 32.8 Å². The molecular weight excluding hydrogens is 318 g/mol. The van der Waals surface area contributed by atoms with Gasteiger partial charge < -0.3 is 0 Å². The Morgan fingerprint density at radius 3 is 2.64 bits per heavy atom. The Morgan fingerprint density at radius 1 is 1.09 bits per heavy atom. The average molecular weight is 333 g/mol. The van der Waals surface area contributed by atoms with Crippen molar-refractivity contribution < 1.29 is 8.42 Å². The molecule has 0 bridgehead atoms. The number of aromatic nitrogens is 2. The molecule has 1 aromatic heterocycles. The van der Waals surface area contributed by atoms with E-state index in [0.717, 1.165) is 17.3 Å². The lowest BCUT2D eigenvalue weighted by Crippen LogP contribution is -2.28. The van der Waals surface area contributed by atoms with Gasteiger partial charge in [0.15, 0.2) is 0 Å². The summed E-state index contributed by atoms with van der Waals surface area (Å²) in [5, 5.41) is 0. The third kappa shape index (κ3) is 3.01. The van der Waals surface area contributed by atoms with Crippen molar-refractivity contribution in [3.8, 4) is 0 Å². The molecule has 3 rings (SSSR count). The first-order valence-electron chi connectivity index (χ1n) is 6.84. The van der Waals surface area contributed by atoms with Gasteiger partial charge in [-0.15, -0.1) is 0 Å². The van der Waals surface area contributed by atoms with E-state index in [1.807, 2.05) is 37.3 Å². The normalized spacial score (nSPS) is 13.3. The lowest BCUT2D eigenvalue weighted by atomic mass is 10.0. The smallest absolute Gasteiger partial charge is 0.210 e. The van der Waals surface area contributed by atoms with E-state index in [4.69, 9.17) is 0 Å². The first-order chi connectivity index (χ1) is 10.6. The summed E-state index contributed by atoms with van der Waals surface area (Å²) >= 11 is 1.01. The van der Waals surface area contributed by atoms with Crippen LogP contribution in [0.1, 0.15) is 18.4 Å². The monoisotopic (exact) mass is 333 g/mol. The van der Waals surface area contributed by atoms with Crippen LogP contribution in [-0.2, 0) is 10.0 Å². The Balaban J connectivity index is 1.81. The van der Waals surface area contributed by atoms with Crippen LogP contribution in [0.5, 0.6) is 0 Å². The van der Waals surface area contributed by atoms with E-state index in [-0.39, 0.29) is 10.8 Å². The molecule has 0 aliphatic carbocycles. The maximum absolute atomic E-state index is 12.5. The third-order valence-corrected chi connectivity index (χ3v) is 5.48. The fourth-order valence-electron chi connectivity index (χ4n) is 2.21. The summed E-state index contributed by atoms with van der Waals surface area (Å²) in [6, 6.07) is 14.8. The summed E-state index contributed by atoms with van der Waals surface area (Å²) in [4.78, 5) is 0.180. The molecule has 0 amide bonds. The minimum absolute atomic E-state index is 0.0868. The van der Waals surface area contributed by atoms with Gasteiger partial charge in [0, 0.05) is 6.54 Å². The molecule has 1 atom stereocenters. The van der Waals surface area contributed by atoms with Crippen molar-refractivity contribution in [1.82, 2.24) is 13.5 Å². The fourth-order valence-corrected chi connectivity index (χ4v) is 4.10. The van der Waals surface area contributed by atoms with Crippen LogP contribution in [0, 0.1) is 0 Å². The molecule has 1 N–H and O–H groups in total. The highest BCUT2D eigenvalue weighted by Gasteiger charge is 2.20. The Hall–Kier alpha value is -1.83. The Labute approximate surface area is 133 Å². The predicted octanol–water partition coefficient (Wildman–Crippen LogP) is 2.77. The van der Waals surface area contributed by atoms with Crippen LogP contribution in [0.15, 0.2) is 53.4 Å². The average Bonchev–Trinajstić information content (AvgIpc) is 3.02. The van der Waals surface area contributed by atoms with Gasteiger partial charge in [-0.1, -0.05) is 43.3 Å². The standard InChI is InChI=1S/C15H15N3O2S2/c1-11(12-6-3-2-4-7-12)10-16-22(19,20)14-9-5-8-13-15(14)18-21-17-13/h2-9,11,16H,10H2,1H3. The Kier molecular flexibility index (Phi) is 4.19. The number of rotatable bonds is 5. The van der Waals surface area contributed by atoms with E-state index < -0.39 is 10.0 Å². The van der Waals surface area contributed by atoms with Crippen molar-refractivity contribution in [3.05, 3.63) is 54.1 Å². The van der Waals surface area contributed by atoms with E-state index in [9.17, 15) is 8.42 Å². The summed E-state index contributed by atoms with van der Waals surface area (Å²) in [6.07, 6.45) is 0. The van der Waals surface area contributed by atoms with E-state index in [2.05, 4.69) is 13.5 Å². The van der Waals surface area contributed by atoms with Crippen LogP contribution in [-0.4, -0.2) is 23.7 Å². The summed E-state index contributed by atoms with van der Waals surface area (Å²) in [5.74, 6) is 0.0868. The van der Waals surface area contributed by atoms with Crippen LogP contribution in [0.3, 0.4) is 0 Å². The van der Waals surface area contributed by atoms with Crippen molar-refractivity contribution in [3.63, 3.8) is 0 Å². The van der Waals surface area contributed by atoms with Gasteiger partial charge in [0.25, 0.3) is 0 Å². The first kappa shape index (κ1) is 15.1. The number of fused-ring (bicyclic) bond motifs is 1. The van der Waals surface area contributed by atoms with Crippen LogP contribution in [0.4, 0.5) is 0 Å². The highest BCUT2D eigenvalue weighted by molar-refractivity contribution is 7.89. The van der Waals surface area contributed by atoms with Gasteiger partial charge in [-0.25, -0.2) is 13.1 Å². The molecule has 3 aromatic rings. The summed E-state index contributed by atoms with van der Waals surface area (Å²) in [5.41, 5.74) is 2.12. The number of sulfonamides is 1. The summed E-state index contributed by atoms with van der Waals surface area (Å²) in [7, 11) is -3.61. The van der Waals surface area contributed by atoms with Crippen LogP contribution < -0.4 is 4.72 Å². The van der Waals surface area contributed by atoms with Gasteiger partial charge in [0.2, 0.25) is 10.0 Å². The molecule has 0 saturated heterocycles. The Bertz CT molecular complexity index is 876. The van der Waals surface area contributed by atoms with E-state index in [1.54, 1.807) is 18.2 Å². The number of nitrogens with zero attached hydrogens (tertiary/aromatic N) is 2. The van der Waals surface area contributed by atoms with Gasteiger partial charge in [-0.3, -0.25) is 0 Å². The van der Waals surface area contributed by atoms with Crippen molar-refractivity contribution in [1.29, 1.82) is 0 Å². The molecular formula is C15H15N3O2S2. The van der Waals surface area contributed by atoms with E-state index in [1.165, 1.54) is 0 Å². The van der Waals surface area contributed by atoms with Gasteiger partial charge >= 0.3 is 0 Å². The number of hydrogen-bond donors (Lipinski definition) is 1. The molecule has 2 aromatic carbocycles. The minimum atomic E-state index is -3.61. The topological polar surface area (TPSA) is 72.0 Å². The van der Waals surface area contributed by atoms with E-state index in [0.29, 0.717) is 17.6 Å². The van der Waals surface area contributed by atoms with Gasteiger partial charge in [0.1, 0.15) is 15.9 Å². The van der Waals surface area contributed by atoms with Crippen molar-refractivity contribution in [2.75, 3.05) is 6.54 Å². The third-order valence-electron chi connectivity index (χ3n) is 3.49. The van der Waals surface area contributed by atoms with Crippen LogP contribution >= 0.6 is 11.7 Å². The number of hydrogen-bond acceptors (Lipinski definition) is 5. The second kappa shape index (κ2) is 6.12. The van der Waals surface area contributed by atoms with Crippen molar-refractivity contribution in [2.45, 2.75) is 17.7 Å². The summed E-state index contributed by atoms with van der Waals surface area (Å²) in [6.45, 7) is 2.32. The molecule has 1 heterocycles. The summed E-state index contributed by atoms with van der Waals surface area (Å²) < 4.78 is 35.8.